The maximum Gasteiger partial charge on any atom is 0.219 e. The van der Waals surface area contributed by atoms with Crippen LogP contribution in [0.25, 0.3) is 0 Å². The van der Waals surface area contributed by atoms with Crippen LogP contribution in [0, 0.1) is 5.92 Å². The molecule has 0 saturated carbocycles. The highest BCUT2D eigenvalue weighted by molar-refractivity contribution is 5.75. The van der Waals surface area contributed by atoms with Gasteiger partial charge >= 0.3 is 0 Å². The molecular formula is C11H23NO. The van der Waals surface area contributed by atoms with Crippen molar-refractivity contribution in [2.45, 2.75) is 52.4 Å². The van der Waals surface area contributed by atoms with Gasteiger partial charge in [0.15, 0.2) is 0 Å². The second-order valence-corrected chi connectivity index (χ2v) is 3.66. The Labute approximate surface area is 82.1 Å². The standard InChI is InChI=1S/C11H23NO/c1-4-6-10(7-5-2)8-9-11(13)12-3/h10H,4-9H2,1-3H3,(H,12,13). The number of amides is 1. The summed E-state index contributed by atoms with van der Waals surface area (Å²) in [4.78, 5) is 11.0. The Kier molecular flexibility index (Phi) is 7.76. The normalized spacial score (nSPS) is 10.5. The van der Waals surface area contributed by atoms with Crippen LogP contribution in [0.5, 0.6) is 0 Å². The second kappa shape index (κ2) is 8.09. The first-order valence-electron chi connectivity index (χ1n) is 5.45. The summed E-state index contributed by atoms with van der Waals surface area (Å²) in [5.74, 6) is 0.935. The van der Waals surface area contributed by atoms with Crippen molar-refractivity contribution in [3.8, 4) is 0 Å². The summed E-state index contributed by atoms with van der Waals surface area (Å²) in [6.07, 6.45) is 6.76. The predicted molar refractivity (Wildman–Crippen MR) is 56.6 cm³/mol. The SMILES string of the molecule is CCCC(CCC)CCC(=O)NC. The summed E-state index contributed by atoms with van der Waals surface area (Å²) >= 11 is 0. The highest BCUT2D eigenvalue weighted by atomic mass is 16.1. The highest BCUT2D eigenvalue weighted by Crippen LogP contribution is 2.18. The first kappa shape index (κ1) is 12.5. The maximum absolute atomic E-state index is 11.0. The smallest absolute Gasteiger partial charge is 0.219 e. The molecule has 0 saturated heterocycles. The molecule has 0 bridgehead atoms. The van der Waals surface area contributed by atoms with E-state index in [0.717, 1.165) is 12.3 Å². The molecule has 0 rings (SSSR count). The molecule has 0 heterocycles. The summed E-state index contributed by atoms with van der Waals surface area (Å²) in [6.45, 7) is 4.42. The molecule has 0 aromatic rings. The zero-order chi connectivity index (χ0) is 10.1. The van der Waals surface area contributed by atoms with Crippen LogP contribution in [0.1, 0.15) is 52.4 Å². The van der Waals surface area contributed by atoms with Gasteiger partial charge in [-0.2, -0.15) is 0 Å². The molecular weight excluding hydrogens is 162 g/mol. The van der Waals surface area contributed by atoms with E-state index in [0.29, 0.717) is 6.42 Å². The molecule has 0 unspecified atom stereocenters. The fourth-order valence-corrected chi connectivity index (χ4v) is 1.71. The van der Waals surface area contributed by atoms with E-state index in [1.165, 1.54) is 25.7 Å². The van der Waals surface area contributed by atoms with E-state index in [1.54, 1.807) is 7.05 Å². The summed E-state index contributed by atoms with van der Waals surface area (Å²) in [6, 6.07) is 0. The molecule has 0 aliphatic heterocycles. The molecule has 0 radical (unpaired) electrons. The molecule has 0 spiro atoms. The van der Waals surface area contributed by atoms with Gasteiger partial charge in [0.05, 0.1) is 0 Å². The van der Waals surface area contributed by atoms with Gasteiger partial charge in [-0.15, -0.1) is 0 Å². The Bertz CT molecular complexity index is 128. The first-order valence-corrected chi connectivity index (χ1v) is 5.45. The molecule has 2 nitrogen and oxygen atoms in total. The van der Waals surface area contributed by atoms with Crippen LogP contribution < -0.4 is 5.32 Å². The van der Waals surface area contributed by atoms with E-state index in [2.05, 4.69) is 19.2 Å². The number of carbonyl (C=O) groups excluding carboxylic acids is 1. The molecule has 0 aliphatic rings. The van der Waals surface area contributed by atoms with Crippen molar-refractivity contribution in [3.05, 3.63) is 0 Å². The van der Waals surface area contributed by atoms with E-state index in [-0.39, 0.29) is 5.91 Å². The van der Waals surface area contributed by atoms with Gasteiger partial charge in [-0.3, -0.25) is 4.79 Å². The number of hydrogen-bond acceptors (Lipinski definition) is 1. The minimum Gasteiger partial charge on any atom is -0.359 e. The summed E-state index contributed by atoms with van der Waals surface area (Å²) in [5, 5.41) is 2.67. The Morgan fingerprint density at radius 3 is 2.08 bits per heavy atom. The van der Waals surface area contributed by atoms with E-state index < -0.39 is 0 Å². The van der Waals surface area contributed by atoms with Gasteiger partial charge in [0.25, 0.3) is 0 Å². The van der Waals surface area contributed by atoms with Crippen molar-refractivity contribution in [1.29, 1.82) is 0 Å². The van der Waals surface area contributed by atoms with E-state index in [4.69, 9.17) is 0 Å². The van der Waals surface area contributed by atoms with Gasteiger partial charge in [-0.1, -0.05) is 39.5 Å². The van der Waals surface area contributed by atoms with Crippen LogP contribution in [0.15, 0.2) is 0 Å². The first-order chi connectivity index (χ1) is 6.24. The molecule has 0 aromatic heterocycles. The highest BCUT2D eigenvalue weighted by Gasteiger charge is 2.08. The lowest BCUT2D eigenvalue weighted by atomic mass is 9.93. The number of carbonyl (C=O) groups is 1. The molecule has 0 aliphatic carbocycles. The molecule has 2 heteroatoms. The van der Waals surface area contributed by atoms with Gasteiger partial charge < -0.3 is 5.32 Å². The van der Waals surface area contributed by atoms with Gasteiger partial charge in [-0.05, 0) is 12.3 Å². The van der Waals surface area contributed by atoms with Crippen molar-refractivity contribution in [1.82, 2.24) is 5.32 Å². The molecule has 1 N–H and O–H groups in total. The Morgan fingerprint density at radius 2 is 1.69 bits per heavy atom. The lowest BCUT2D eigenvalue weighted by Crippen LogP contribution is -2.18. The van der Waals surface area contributed by atoms with Crippen LogP contribution in [0.2, 0.25) is 0 Å². The maximum atomic E-state index is 11.0. The Balaban J connectivity index is 3.61. The van der Waals surface area contributed by atoms with Crippen LogP contribution in [0.4, 0.5) is 0 Å². The lowest BCUT2D eigenvalue weighted by molar-refractivity contribution is -0.120. The molecule has 1 amide bonds. The van der Waals surface area contributed by atoms with Crippen molar-refractivity contribution >= 4 is 5.91 Å². The third-order valence-corrected chi connectivity index (χ3v) is 2.45. The molecule has 0 aromatic carbocycles. The molecule has 78 valence electrons. The van der Waals surface area contributed by atoms with E-state index in [1.807, 2.05) is 0 Å². The van der Waals surface area contributed by atoms with Crippen LogP contribution in [-0.2, 0) is 4.79 Å². The van der Waals surface area contributed by atoms with Crippen LogP contribution in [-0.4, -0.2) is 13.0 Å². The molecule has 0 fully saturated rings. The van der Waals surface area contributed by atoms with E-state index >= 15 is 0 Å². The lowest BCUT2D eigenvalue weighted by Gasteiger charge is -2.13. The fourth-order valence-electron chi connectivity index (χ4n) is 1.71. The number of rotatable bonds is 7. The zero-order valence-electron chi connectivity index (χ0n) is 9.23. The zero-order valence-corrected chi connectivity index (χ0v) is 9.23. The van der Waals surface area contributed by atoms with Gasteiger partial charge in [0, 0.05) is 13.5 Å². The van der Waals surface area contributed by atoms with Crippen LogP contribution >= 0.6 is 0 Å². The fraction of sp³-hybridized carbons (Fsp3) is 0.909. The summed E-state index contributed by atoms with van der Waals surface area (Å²) in [7, 11) is 1.71. The monoisotopic (exact) mass is 185 g/mol. The Hall–Kier alpha value is -0.530. The topological polar surface area (TPSA) is 29.1 Å². The van der Waals surface area contributed by atoms with Crippen molar-refractivity contribution in [2.24, 2.45) is 5.92 Å². The quantitative estimate of drug-likeness (QED) is 0.649. The minimum atomic E-state index is 0.178. The van der Waals surface area contributed by atoms with E-state index in [9.17, 15) is 4.79 Å². The largest absolute Gasteiger partial charge is 0.359 e. The number of hydrogen-bond donors (Lipinski definition) is 1. The third-order valence-electron chi connectivity index (χ3n) is 2.45. The summed E-state index contributed by atoms with van der Waals surface area (Å²) in [5.41, 5.74) is 0. The summed E-state index contributed by atoms with van der Waals surface area (Å²) < 4.78 is 0. The number of nitrogens with one attached hydrogen (secondary N) is 1. The average Bonchev–Trinajstić information content (AvgIpc) is 2.14. The predicted octanol–water partition coefficient (Wildman–Crippen LogP) is 2.73. The van der Waals surface area contributed by atoms with Crippen molar-refractivity contribution in [2.75, 3.05) is 7.05 Å². The van der Waals surface area contributed by atoms with Gasteiger partial charge in [0.1, 0.15) is 0 Å². The van der Waals surface area contributed by atoms with Gasteiger partial charge in [0.2, 0.25) is 5.91 Å². The second-order valence-electron chi connectivity index (χ2n) is 3.66. The minimum absolute atomic E-state index is 0.178. The van der Waals surface area contributed by atoms with Crippen molar-refractivity contribution < 1.29 is 4.79 Å². The average molecular weight is 185 g/mol. The third kappa shape index (κ3) is 6.62. The molecule has 0 atom stereocenters. The van der Waals surface area contributed by atoms with Crippen molar-refractivity contribution in [3.63, 3.8) is 0 Å². The Morgan fingerprint density at radius 1 is 1.15 bits per heavy atom. The van der Waals surface area contributed by atoms with Gasteiger partial charge in [-0.25, -0.2) is 0 Å². The van der Waals surface area contributed by atoms with Crippen LogP contribution in [0.3, 0.4) is 0 Å². The molecule has 13 heavy (non-hydrogen) atoms.